The molecule has 0 radical (unpaired) electrons. The van der Waals surface area contributed by atoms with E-state index in [1.165, 1.54) is 13.8 Å². The Kier molecular flexibility index (Phi) is 3.76. The largest absolute Gasteiger partial charge is 0.534 e. The zero-order chi connectivity index (χ0) is 15.1. The Bertz CT molecular complexity index is 508. The van der Waals surface area contributed by atoms with Crippen molar-refractivity contribution in [2.45, 2.75) is 19.4 Å². The fraction of sp³-hybridized carbons (Fsp3) is 0.667. The monoisotopic (exact) mass is 303 g/mol. The third-order valence-corrected chi connectivity index (χ3v) is 3.47. The number of carbonyl (C=O) groups is 1. The quantitative estimate of drug-likeness (QED) is 0.620. The Morgan fingerprint density at radius 3 is 2.37 bits per heavy atom. The fourth-order valence-electron chi connectivity index (χ4n) is 1.55. The number of amides is 1. The normalized spacial score (nSPS) is 19.8. The topological polar surface area (TPSA) is 83.9 Å². The minimum absolute atomic E-state index is 0.165. The SMILES string of the molecule is CC1(C)CN(C(=O)O)CC=C1OS(=O)(=O)C(F)(F)F. The first-order valence-electron chi connectivity index (χ1n) is 5.06. The maximum atomic E-state index is 12.2. The zero-order valence-electron chi connectivity index (χ0n) is 10.1. The van der Waals surface area contributed by atoms with E-state index in [0.717, 1.165) is 11.0 Å². The lowest BCUT2D eigenvalue weighted by molar-refractivity contribution is -0.0535. The molecule has 1 amide bonds. The molecule has 1 N–H and O–H groups in total. The van der Waals surface area contributed by atoms with Gasteiger partial charge in [0.25, 0.3) is 0 Å². The first-order valence-corrected chi connectivity index (χ1v) is 6.47. The molecule has 0 fully saturated rings. The van der Waals surface area contributed by atoms with Crippen LogP contribution in [-0.2, 0) is 14.3 Å². The summed E-state index contributed by atoms with van der Waals surface area (Å²) in [5.74, 6) is -0.415. The van der Waals surface area contributed by atoms with E-state index in [1.54, 1.807) is 0 Å². The van der Waals surface area contributed by atoms with Crippen molar-refractivity contribution in [2.75, 3.05) is 13.1 Å². The lowest BCUT2D eigenvalue weighted by atomic mass is 9.87. The molecule has 0 unspecified atom stereocenters. The van der Waals surface area contributed by atoms with Crippen LogP contribution in [0.3, 0.4) is 0 Å². The molecule has 6 nitrogen and oxygen atoms in total. The van der Waals surface area contributed by atoms with Crippen molar-refractivity contribution in [2.24, 2.45) is 5.41 Å². The third kappa shape index (κ3) is 3.31. The number of alkyl halides is 3. The smallest absolute Gasteiger partial charge is 0.465 e. The summed E-state index contributed by atoms with van der Waals surface area (Å²) in [6.45, 7) is 2.38. The van der Waals surface area contributed by atoms with Crippen LogP contribution in [0.25, 0.3) is 0 Å². The summed E-state index contributed by atoms with van der Waals surface area (Å²) >= 11 is 0. The van der Waals surface area contributed by atoms with Crippen molar-refractivity contribution in [1.82, 2.24) is 4.90 Å². The van der Waals surface area contributed by atoms with E-state index in [9.17, 15) is 26.4 Å². The molecule has 0 aliphatic carbocycles. The summed E-state index contributed by atoms with van der Waals surface area (Å²) in [5.41, 5.74) is -6.69. The van der Waals surface area contributed by atoms with Crippen molar-refractivity contribution in [3.8, 4) is 0 Å². The molecule has 1 rings (SSSR count). The molecule has 0 aromatic carbocycles. The molecular weight excluding hydrogens is 291 g/mol. The average Bonchev–Trinajstić information content (AvgIpc) is 2.18. The van der Waals surface area contributed by atoms with Crippen molar-refractivity contribution >= 4 is 16.2 Å². The predicted octanol–water partition coefficient (Wildman–Crippen LogP) is 1.76. The number of halogens is 3. The van der Waals surface area contributed by atoms with Crippen molar-refractivity contribution in [3.63, 3.8) is 0 Å². The van der Waals surface area contributed by atoms with Gasteiger partial charge in [-0.15, -0.1) is 0 Å². The Balaban J connectivity index is 3.00. The summed E-state index contributed by atoms with van der Waals surface area (Å²) < 4.78 is 62.5. The molecule has 0 aromatic rings. The summed E-state index contributed by atoms with van der Waals surface area (Å²) in [6, 6.07) is 0. The molecule has 1 aliphatic heterocycles. The first-order chi connectivity index (χ1) is 8.37. The van der Waals surface area contributed by atoms with Gasteiger partial charge in [-0.2, -0.15) is 21.6 Å². The van der Waals surface area contributed by atoms with Crippen LogP contribution < -0.4 is 0 Å². The van der Waals surface area contributed by atoms with Crippen LogP contribution in [0.15, 0.2) is 11.8 Å². The average molecular weight is 303 g/mol. The van der Waals surface area contributed by atoms with E-state index in [-0.39, 0.29) is 13.1 Å². The van der Waals surface area contributed by atoms with E-state index < -0.39 is 32.9 Å². The van der Waals surface area contributed by atoms with Crippen LogP contribution in [0, 0.1) is 5.41 Å². The van der Waals surface area contributed by atoms with Crippen LogP contribution in [0.2, 0.25) is 0 Å². The van der Waals surface area contributed by atoms with Gasteiger partial charge in [-0.1, -0.05) is 13.8 Å². The van der Waals surface area contributed by atoms with Gasteiger partial charge in [-0.05, 0) is 6.08 Å². The maximum Gasteiger partial charge on any atom is 0.534 e. The van der Waals surface area contributed by atoms with Gasteiger partial charge in [0.2, 0.25) is 0 Å². The molecule has 0 bridgehead atoms. The Labute approximate surface area is 107 Å². The molecule has 10 heteroatoms. The molecule has 1 heterocycles. The molecule has 0 atom stereocenters. The van der Waals surface area contributed by atoms with Gasteiger partial charge >= 0.3 is 21.7 Å². The van der Waals surface area contributed by atoms with Crippen LogP contribution in [0.5, 0.6) is 0 Å². The van der Waals surface area contributed by atoms with E-state index in [4.69, 9.17) is 5.11 Å². The Morgan fingerprint density at radius 2 is 2.00 bits per heavy atom. The maximum absolute atomic E-state index is 12.2. The summed E-state index contributed by atoms with van der Waals surface area (Å²) in [4.78, 5) is 11.7. The number of hydrogen-bond donors (Lipinski definition) is 1. The minimum Gasteiger partial charge on any atom is -0.465 e. The second-order valence-electron chi connectivity index (χ2n) is 4.60. The number of hydrogen-bond acceptors (Lipinski definition) is 4. The summed E-state index contributed by atoms with van der Waals surface area (Å²) in [7, 11) is -5.74. The number of rotatable bonds is 2. The molecule has 0 saturated carbocycles. The second-order valence-corrected chi connectivity index (χ2v) is 6.14. The molecular formula is C9H12F3NO5S. The minimum atomic E-state index is -5.74. The molecule has 0 spiro atoms. The van der Waals surface area contributed by atoms with Crippen LogP contribution in [-0.4, -0.2) is 43.1 Å². The van der Waals surface area contributed by atoms with Crippen molar-refractivity contribution in [3.05, 3.63) is 11.8 Å². The highest BCUT2D eigenvalue weighted by Gasteiger charge is 2.50. The van der Waals surface area contributed by atoms with Gasteiger partial charge in [0.05, 0.1) is 0 Å². The lowest BCUT2D eigenvalue weighted by Gasteiger charge is -2.36. The lowest BCUT2D eigenvalue weighted by Crippen LogP contribution is -2.44. The van der Waals surface area contributed by atoms with Crippen LogP contribution in [0.1, 0.15) is 13.8 Å². The summed E-state index contributed by atoms with van der Waals surface area (Å²) in [6.07, 6.45) is -0.233. The fourth-order valence-corrected chi connectivity index (χ4v) is 2.17. The van der Waals surface area contributed by atoms with Crippen LogP contribution >= 0.6 is 0 Å². The number of carboxylic acid groups (broad SMARTS) is 1. The second kappa shape index (κ2) is 4.58. The molecule has 1 aliphatic rings. The standard InChI is InChI=1S/C9H12F3NO5S/c1-8(2)5-13(7(14)15)4-3-6(8)18-19(16,17)9(10,11)12/h3H,4-5H2,1-2H3,(H,14,15). The van der Waals surface area contributed by atoms with E-state index >= 15 is 0 Å². The highest BCUT2D eigenvalue weighted by molar-refractivity contribution is 7.87. The van der Waals surface area contributed by atoms with Gasteiger partial charge in [-0.25, -0.2) is 4.79 Å². The van der Waals surface area contributed by atoms with Crippen molar-refractivity contribution in [1.29, 1.82) is 0 Å². The summed E-state index contributed by atoms with van der Waals surface area (Å²) in [5, 5.41) is 8.78. The zero-order valence-corrected chi connectivity index (χ0v) is 10.9. The third-order valence-electron chi connectivity index (χ3n) is 2.50. The van der Waals surface area contributed by atoms with Gasteiger partial charge in [0.1, 0.15) is 5.76 Å². The van der Waals surface area contributed by atoms with Crippen molar-refractivity contribution < 1.29 is 35.7 Å². The number of nitrogens with zero attached hydrogens (tertiary/aromatic N) is 1. The van der Waals surface area contributed by atoms with E-state index in [2.05, 4.69) is 4.18 Å². The van der Waals surface area contributed by atoms with Gasteiger partial charge < -0.3 is 14.2 Å². The predicted molar refractivity (Wildman–Crippen MR) is 57.5 cm³/mol. The van der Waals surface area contributed by atoms with Crippen LogP contribution in [0.4, 0.5) is 18.0 Å². The Morgan fingerprint density at radius 1 is 1.47 bits per heavy atom. The highest BCUT2D eigenvalue weighted by atomic mass is 32.2. The van der Waals surface area contributed by atoms with Gasteiger partial charge in [0, 0.05) is 18.5 Å². The van der Waals surface area contributed by atoms with E-state index in [1.807, 2.05) is 0 Å². The molecule has 0 aromatic heterocycles. The molecule has 0 saturated heterocycles. The first kappa shape index (κ1) is 15.6. The molecule has 19 heavy (non-hydrogen) atoms. The Hall–Kier alpha value is -1.45. The highest BCUT2D eigenvalue weighted by Crippen LogP contribution is 2.36. The van der Waals surface area contributed by atoms with Gasteiger partial charge in [-0.3, -0.25) is 0 Å². The van der Waals surface area contributed by atoms with E-state index in [0.29, 0.717) is 0 Å². The molecule has 110 valence electrons. The van der Waals surface area contributed by atoms with Gasteiger partial charge in [0.15, 0.2) is 0 Å².